The molecule has 0 radical (unpaired) electrons. The quantitative estimate of drug-likeness (QED) is 0.516. The molecule has 1 aromatic heterocycles. The predicted octanol–water partition coefficient (Wildman–Crippen LogP) is 6.21. The first kappa shape index (κ1) is 18.5. The summed E-state index contributed by atoms with van der Waals surface area (Å²) in [6.45, 7) is 4.40. The molecule has 1 aromatic rings. The largest absolute Gasteiger partial charge is 0.308 e. The van der Waals surface area contributed by atoms with E-state index in [2.05, 4.69) is 19.9 Å². The second kappa shape index (κ2) is 7.61. The Morgan fingerprint density at radius 3 is 1.72 bits per heavy atom. The lowest BCUT2D eigenvalue weighted by Crippen LogP contribution is -2.02. The first-order valence-corrected chi connectivity index (χ1v) is 12.9. The Kier molecular flexibility index (Phi) is 5.62. The molecular weight excluding hydrogens is 445 g/mol. The molecule has 0 bridgehead atoms. The van der Waals surface area contributed by atoms with Crippen LogP contribution >= 0.6 is 81.9 Å². The van der Waals surface area contributed by atoms with Crippen LogP contribution in [0.4, 0.5) is 0 Å². The smallest absolute Gasteiger partial charge is 0.0718 e. The summed E-state index contributed by atoms with van der Waals surface area (Å²) in [5.74, 6) is 0. The van der Waals surface area contributed by atoms with Crippen molar-refractivity contribution in [1.82, 2.24) is 0 Å². The van der Waals surface area contributed by atoms with E-state index in [4.69, 9.17) is 10.8 Å². The molecule has 0 atom stereocenters. The normalized spacial score (nSPS) is 20.0. The molecule has 4 rings (SSSR count). The van der Waals surface area contributed by atoms with Crippen LogP contribution in [0.2, 0.25) is 0 Å². The SMILES string of the molecule is CC1=C(C)SC(=C2SC3=C(S2)SC(=c2ccc(=C(C=N)C=N)s2)S3)S1. The summed E-state index contributed by atoms with van der Waals surface area (Å²) in [6, 6.07) is 4.12. The minimum Gasteiger partial charge on any atom is -0.308 e. The molecule has 0 spiro atoms. The third kappa shape index (κ3) is 3.61. The standard InChI is InChI=1S/C16H12N2S7/c1-7-8(2)20-13(19-7)14-24-15-16(25-14)23-12(22-15)11-4-3-10(21-11)9(5-17)6-18/h3-6,17-18H,1-2H3. The van der Waals surface area contributed by atoms with E-state index >= 15 is 0 Å². The van der Waals surface area contributed by atoms with Crippen LogP contribution in [0.3, 0.4) is 0 Å². The van der Waals surface area contributed by atoms with Crippen molar-refractivity contribution in [3.63, 3.8) is 0 Å². The van der Waals surface area contributed by atoms with Crippen molar-refractivity contribution in [3.05, 3.63) is 48.0 Å². The minimum absolute atomic E-state index is 0.662. The van der Waals surface area contributed by atoms with Gasteiger partial charge in [-0.2, -0.15) is 0 Å². The van der Waals surface area contributed by atoms with Gasteiger partial charge >= 0.3 is 0 Å². The molecule has 0 amide bonds. The highest BCUT2D eigenvalue weighted by molar-refractivity contribution is 8.52. The average molecular weight is 457 g/mol. The molecule has 0 fully saturated rings. The second-order valence-electron chi connectivity index (χ2n) is 5.07. The number of hydrogen-bond acceptors (Lipinski definition) is 9. The Labute approximate surface area is 175 Å². The fraction of sp³-hybridized carbons (Fsp3) is 0.125. The Balaban J connectivity index is 1.57. The Morgan fingerprint density at radius 2 is 1.20 bits per heavy atom. The molecule has 0 aliphatic carbocycles. The van der Waals surface area contributed by atoms with Crippen LogP contribution in [0.15, 0.2) is 38.9 Å². The van der Waals surface area contributed by atoms with Gasteiger partial charge < -0.3 is 10.8 Å². The molecule has 0 aromatic carbocycles. The van der Waals surface area contributed by atoms with Gasteiger partial charge in [0.05, 0.1) is 21.2 Å². The van der Waals surface area contributed by atoms with Crippen molar-refractivity contribution >= 4 is 104 Å². The second-order valence-corrected chi connectivity index (χ2v) is 14.0. The summed E-state index contributed by atoms with van der Waals surface area (Å²) in [4.78, 5) is 2.84. The van der Waals surface area contributed by atoms with Gasteiger partial charge in [-0.05, 0) is 35.8 Å². The molecule has 25 heavy (non-hydrogen) atoms. The number of thiophene rings is 1. The molecular formula is C16H12N2S7. The van der Waals surface area contributed by atoms with Crippen LogP contribution in [-0.4, -0.2) is 12.4 Å². The highest BCUT2D eigenvalue weighted by atomic mass is 32.3. The zero-order valence-corrected chi connectivity index (χ0v) is 18.9. The van der Waals surface area contributed by atoms with Gasteiger partial charge in [0.25, 0.3) is 0 Å². The monoisotopic (exact) mass is 456 g/mol. The van der Waals surface area contributed by atoms with Crippen LogP contribution in [0.25, 0.3) is 9.81 Å². The van der Waals surface area contributed by atoms with Gasteiger partial charge in [0.1, 0.15) is 0 Å². The van der Waals surface area contributed by atoms with Gasteiger partial charge in [0.2, 0.25) is 0 Å². The summed E-state index contributed by atoms with van der Waals surface area (Å²) in [5.41, 5.74) is 0.662. The first-order valence-electron chi connectivity index (χ1n) is 7.17. The Hall–Kier alpha value is 0.1000. The van der Waals surface area contributed by atoms with E-state index in [0.717, 1.165) is 4.53 Å². The lowest BCUT2D eigenvalue weighted by Gasteiger charge is -2.04. The molecule has 3 aliphatic rings. The highest BCUT2D eigenvalue weighted by Gasteiger charge is 2.33. The molecule has 4 heterocycles. The van der Waals surface area contributed by atoms with E-state index in [9.17, 15) is 0 Å². The van der Waals surface area contributed by atoms with E-state index in [-0.39, 0.29) is 0 Å². The van der Waals surface area contributed by atoms with Crippen LogP contribution < -0.4 is 9.06 Å². The van der Waals surface area contributed by atoms with Gasteiger partial charge in [-0.3, -0.25) is 0 Å². The van der Waals surface area contributed by atoms with Gasteiger partial charge in [-0.25, -0.2) is 0 Å². The lowest BCUT2D eigenvalue weighted by molar-refractivity contribution is 1.56. The van der Waals surface area contributed by atoms with Crippen molar-refractivity contribution in [2.24, 2.45) is 0 Å². The molecule has 0 saturated heterocycles. The molecule has 128 valence electrons. The van der Waals surface area contributed by atoms with Gasteiger partial charge in [-0.1, -0.05) is 70.6 Å². The van der Waals surface area contributed by atoms with Crippen molar-refractivity contribution in [2.75, 3.05) is 0 Å². The summed E-state index contributed by atoms with van der Waals surface area (Å²) in [7, 11) is 0. The fourth-order valence-corrected chi connectivity index (χ4v) is 12.4. The molecule has 3 aliphatic heterocycles. The minimum atomic E-state index is 0.662. The van der Waals surface area contributed by atoms with Gasteiger partial charge in [0.15, 0.2) is 0 Å². The maximum absolute atomic E-state index is 7.40. The van der Waals surface area contributed by atoms with E-state index in [0.29, 0.717) is 5.57 Å². The number of nitrogens with one attached hydrogen (secondary N) is 2. The number of hydrogen-bond donors (Lipinski definition) is 2. The summed E-state index contributed by atoms with van der Waals surface area (Å²) >= 11 is 13.0. The summed E-state index contributed by atoms with van der Waals surface area (Å²) < 4.78 is 9.18. The van der Waals surface area contributed by atoms with Gasteiger partial charge in [0, 0.05) is 27.1 Å². The third-order valence-corrected chi connectivity index (χ3v) is 13.7. The predicted molar refractivity (Wildman–Crippen MR) is 126 cm³/mol. The molecule has 9 heteroatoms. The average Bonchev–Trinajstić information content (AvgIpc) is 3.32. The van der Waals surface area contributed by atoms with Crippen molar-refractivity contribution in [2.45, 2.75) is 13.8 Å². The van der Waals surface area contributed by atoms with Crippen molar-refractivity contribution < 1.29 is 0 Å². The molecule has 2 nitrogen and oxygen atoms in total. The first-order chi connectivity index (χ1) is 12.1. The number of rotatable bonds is 2. The Morgan fingerprint density at radius 1 is 0.720 bits per heavy atom. The Bertz CT molecular complexity index is 962. The maximum atomic E-state index is 7.40. The number of allylic oxidation sites excluding steroid dienone is 2. The van der Waals surface area contributed by atoms with Crippen LogP contribution in [0.1, 0.15) is 13.8 Å². The topological polar surface area (TPSA) is 47.7 Å². The zero-order valence-electron chi connectivity index (χ0n) is 13.2. The van der Waals surface area contributed by atoms with E-state index < -0.39 is 0 Å². The van der Waals surface area contributed by atoms with Crippen LogP contribution in [0.5, 0.6) is 0 Å². The van der Waals surface area contributed by atoms with E-state index in [1.54, 1.807) is 11.3 Å². The lowest BCUT2D eigenvalue weighted by atomic mass is 10.3. The third-order valence-electron chi connectivity index (χ3n) is 3.46. The van der Waals surface area contributed by atoms with Crippen molar-refractivity contribution in [3.8, 4) is 0 Å². The number of thioether (sulfide) groups is 6. The molecule has 2 N–H and O–H groups in total. The van der Waals surface area contributed by atoms with Gasteiger partial charge in [-0.15, -0.1) is 11.3 Å². The maximum Gasteiger partial charge on any atom is 0.0718 e. The fourth-order valence-electron chi connectivity index (χ4n) is 2.08. The van der Waals surface area contributed by atoms with E-state index in [1.165, 1.54) is 48.0 Å². The highest BCUT2D eigenvalue weighted by Crippen LogP contribution is 2.69. The zero-order chi connectivity index (χ0) is 17.6. The molecule has 0 unspecified atom stereocenters. The summed E-state index contributed by atoms with van der Waals surface area (Å²) in [6.07, 6.45) is 2.50. The van der Waals surface area contributed by atoms with Crippen molar-refractivity contribution in [1.29, 1.82) is 10.8 Å². The van der Waals surface area contributed by atoms with E-state index in [1.807, 2.05) is 76.6 Å². The molecule has 0 saturated carbocycles. The summed E-state index contributed by atoms with van der Waals surface area (Å²) in [5, 5.41) is 14.8. The van der Waals surface area contributed by atoms with Crippen LogP contribution in [-0.2, 0) is 0 Å². The van der Waals surface area contributed by atoms with Crippen LogP contribution in [0, 0.1) is 10.8 Å².